The van der Waals surface area contributed by atoms with Crippen molar-refractivity contribution in [3.05, 3.63) is 61.6 Å². The minimum atomic E-state index is -4.76. The molecule has 11 heteroatoms. The van der Waals surface area contributed by atoms with Gasteiger partial charge < -0.3 is 10.1 Å². The first kappa shape index (κ1) is 24.7. The number of ether oxygens (including phenoxy) is 1. The molecule has 2 aromatic carbocycles. The van der Waals surface area contributed by atoms with E-state index in [-0.39, 0.29) is 21.4 Å². The molecule has 2 aromatic rings. The second kappa shape index (κ2) is 10.7. The molecule has 0 atom stereocenters. The number of hydrogen-bond acceptors (Lipinski definition) is 4. The number of anilines is 1. The number of benzene rings is 2. The fourth-order valence-corrected chi connectivity index (χ4v) is 3.29. The molecule has 0 unspecified atom stereocenters. The van der Waals surface area contributed by atoms with Crippen LogP contribution in [0.4, 0.5) is 24.5 Å². The molecule has 0 bridgehead atoms. The van der Waals surface area contributed by atoms with E-state index >= 15 is 0 Å². The van der Waals surface area contributed by atoms with E-state index in [1.54, 1.807) is 0 Å². The van der Waals surface area contributed by atoms with Crippen molar-refractivity contribution in [3.63, 3.8) is 0 Å². The van der Waals surface area contributed by atoms with E-state index in [2.05, 4.69) is 12.2 Å². The summed E-state index contributed by atoms with van der Waals surface area (Å²) in [5, 5.41) is 13.5. The van der Waals surface area contributed by atoms with Gasteiger partial charge in [-0.1, -0.05) is 49.4 Å². The fraction of sp³-hybridized carbons (Fsp3) is 0.350. The molecule has 1 N–H and O–H groups in total. The maximum absolute atomic E-state index is 12.8. The number of nitrogens with zero attached hydrogens (tertiary/aromatic N) is 1. The first-order chi connectivity index (χ1) is 14.5. The molecule has 0 heterocycles. The number of halogens is 5. The van der Waals surface area contributed by atoms with E-state index in [0.29, 0.717) is 18.7 Å². The van der Waals surface area contributed by atoms with E-state index in [1.807, 2.05) is 0 Å². The monoisotopic (exact) mass is 478 g/mol. The van der Waals surface area contributed by atoms with Gasteiger partial charge >= 0.3 is 6.18 Å². The van der Waals surface area contributed by atoms with Gasteiger partial charge in [0.1, 0.15) is 5.69 Å². The lowest BCUT2D eigenvalue weighted by atomic mass is 10.1. The minimum absolute atomic E-state index is 0.0393. The highest BCUT2D eigenvalue weighted by molar-refractivity contribution is 6.37. The highest BCUT2D eigenvalue weighted by Gasteiger charge is 2.33. The normalized spacial score (nSPS) is 11.3. The Balaban J connectivity index is 2.20. The molecule has 0 fully saturated rings. The number of unbranched alkanes of at least 4 members (excludes halogenated alkanes) is 3. The maximum Gasteiger partial charge on any atom is 0.416 e. The van der Waals surface area contributed by atoms with Gasteiger partial charge in [-0.05, 0) is 30.7 Å². The highest BCUT2D eigenvalue weighted by atomic mass is 35.5. The van der Waals surface area contributed by atoms with Gasteiger partial charge in [0.15, 0.2) is 5.75 Å². The van der Waals surface area contributed by atoms with Crippen LogP contribution < -0.4 is 10.1 Å². The fourth-order valence-electron chi connectivity index (χ4n) is 2.69. The van der Waals surface area contributed by atoms with E-state index in [1.165, 1.54) is 12.1 Å². The zero-order valence-electron chi connectivity index (χ0n) is 16.4. The average Bonchev–Trinajstić information content (AvgIpc) is 2.68. The Morgan fingerprint density at radius 1 is 1.13 bits per heavy atom. The molecule has 0 aromatic heterocycles. The van der Waals surface area contributed by atoms with Gasteiger partial charge in [-0.15, -0.1) is 0 Å². The molecule has 0 aliphatic heterocycles. The number of nitrogens with one attached hydrogen (secondary N) is 1. The minimum Gasteiger partial charge on any atom is -0.490 e. The lowest BCUT2D eigenvalue weighted by Gasteiger charge is -2.13. The second-order valence-corrected chi connectivity index (χ2v) is 7.43. The molecule has 0 aliphatic rings. The number of nitro groups is 1. The SMILES string of the molecule is CCCCCCOc1c(Cl)cc(C(=O)Nc2ccc(C(F)(F)F)cc2[N+](=O)[O-])cc1Cl. The van der Waals surface area contributed by atoms with Crippen molar-refractivity contribution in [1.29, 1.82) is 0 Å². The van der Waals surface area contributed by atoms with Gasteiger partial charge in [0, 0.05) is 11.6 Å². The molecular weight excluding hydrogens is 460 g/mol. The summed E-state index contributed by atoms with van der Waals surface area (Å²) in [7, 11) is 0. The quantitative estimate of drug-likeness (QED) is 0.236. The van der Waals surface area contributed by atoms with Gasteiger partial charge in [-0.25, -0.2) is 0 Å². The number of carbonyl (C=O) groups excluding carboxylic acids is 1. The second-order valence-electron chi connectivity index (χ2n) is 6.62. The summed E-state index contributed by atoms with van der Waals surface area (Å²) in [6.45, 7) is 2.47. The first-order valence-corrected chi connectivity index (χ1v) is 10.1. The van der Waals surface area contributed by atoms with Crippen LogP contribution in [0.15, 0.2) is 30.3 Å². The average molecular weight is 479 g/mol. The third-order valence-electron chi connectivity index (χ3n) is 4.27. The summed E-state index contributed by atoms with van der Waals surface area (Å²) in [5.41, 5.74) is -2.54. The summed E-state index contributed by atoms with van der Waals surface area (Å²) in [4.78, 5) is 22.7. The Morgan fingerprint density at radius 3 is 2.32 bits per heavy atom. The van der Waals surface area contributed by atoms with Crippen LogP contribution in [0, 0.1) is 10.1 Å². The molecule has 1 amide bonds. The standard InChI is InChI=1S/C20H19Cl2F3N2O4/c1-2-3-4-5-8-31-18-14(21)9-12(10-15(18)22)19(28)26-16-7-6-13(20(23,24)25)11-17(16)27(29)30/h6-7,9-11H,2-5,8H2,1H3,(H,26,28). The topological polar surface area (TPSA) is 81.5 Å². The molecular formula is C20H19Cl2F3N2O4. The largest absolute Gasteiger partial charge is 0.490 e. The van der Waals surface area contributed by atoms with Gasteiger partial charge in [-0.3, -0.25) is 14.9 Å². The molecule has 31 heavy (non-hydrogen) atoms. The zero-order chi connectivity index (χ0) is 23.2. The van der Waals surface area contributed by atoms with Crippen LogP contribution in [-0.4, -0.2) is 17.4 Å². The predicted octanol–water partition coefficient (Wildman–Crippen LogP) is 7.13. The number of hydrogen-bond donors (Lipinski definition) is 1. The van der Waals surface area contributed by atoms with Crippen molar-refractivity contribution in [3.8, 4) is 5.75 Å². The maximum atomic E-state index is 12.8. The van der Waals surface area contributed by atoms with Crippen molar-refractivity contribution in [1.82, 2.24) is 0 Å². The van der Waals surface area contributed by atoms with Crippen LogP contribution >= 0.6 is 23.2 Å². The Bertz CT molecular complexity index is 945. The highest BCUT2D eigenvalue weighted by Crippen LogP contribution is 2.37. The Hall–Kier alpha value is -2.52. The molecule has 0 radical (unpaired) electrons. The van der Waals surface area contributed by atoms with Crippen LogP contribution in [0.25, 0.3) is 0 Å². The molecule has 0 saturated carbocycles. The summed E-state index contributed by atoms with van der Waals surface area (Å²) >= 11 is 12.3. The third-order valence-corrected chi connectivity index (χ3v) is 4.84. The lowest BCUT2D eigenvalue weighted by molar-refractivity contribution is -0.384. The summed E-state index contributed by atoms with van der Waals surface area (Å²) in [6.07, 6.45) is -0.832. The summed E-state index contributed by atoms with van der Waals surface area (Å²) < 4.78 is 44.0. The first-order valence-electron chi connectivity index (χ1n) is 9.33. The molecule has 0 aliphatic carbocycles. The molecule has 6 nitrogen and oxygen atoms in total. The molecule has 2 rings (SSSR count). The number of amides is 1. The van der Waals surface area contributed by atoms with E-state index in [9.17, 15) is 28.1 Å². The predicted molar refractivity (Wildman–Crippen MR) is 112 cm³/mol. The molecule has 168 valence electrons. The van der Waals surface area contributed by atoms with Gasteiger partial charge in [-0.2, -0.15) is 13.2 Å². The summed E-state index contributed by atoms with van der Waals surface area (Å²) in [5.74, 6) is -0.627. The van der Waals surface area contributed by atoms with Gasteiger partial charge in [0.2, 0.25) is 0 Å². The van der Waals surface area contributed by atoms with Crippen LogP contribution in [0.5, 0.6) is 5.75 Å². The molecule has 0 spiro atoms. The number of carbonyl (C=O) groups is 1. The van der Waals surface area contributed by atoms with Crippen molar-refractivity contribution >= 4 is 40.5 Å². The van der Waals surface area contributed by atoms with Crippen molar-refractivity contribution in [2.45, 2.75) is 38.8 Å². The zero-order valence-corrected chi connectivity index (χ0v) is 17.9. The Labute approximate surface area is 186 Å². The van der Waals surface area contributed by atoms with Crippen molar-refractivity contribution < 1.29 is 27.6 Å². The van der Waals surface area contributed by atoms with E-state index in [4.69, 9.17) is 27.9 Å². The Kier molecular flexibility index (Phi) is 8.52. The van der Waals surface area contributed by atoms with Gasteiger partial charge in [0.25, 0.3) is 11.6 Å². The lowest BCUT2D eigenvalue weighted by Crippen LogP contribution is -2.14. The van der Waals surface area contributed by atoms with Crippen LogP contribution in [0.1, 0.15) is 48.5 Å². The third kappa shape index (κ3) is 6.73. The van der Waals surface area contributed by atoms with Crippen LogP contribution in [-0.2, 0) is 6.18 Å². The number of alkyl halides is 3. The van der Waals surface area contributed by atoms with Crippen molar-refractivity contribution in [2.24, 2.45) is 0 Å². The van der Waals surface area contributed by atoms with E-state index in [0.717, 1.165) is 31.7 Å². The summed E-state index contributed by atoms with van der Waals surface area (Å²) in [6, 6.07) is 4.33. The van der Waals surface area contributed by atoms with E-state index < -0.39 is 33.9 Å². The van der Waals surface area contributed by atoms with Crippen LogP contribution in [0.2, 0.25) is 10.0 Å². The Morgan fingerprint density at radius 2 is 1.77 bits per heavy atom. The number of rotatable bonds is 9. The smallest absolute Gasteiger partial charge is 0.416 e. The van der Waals surface area contributed by atoms with Gasteiger partial charge in [0.05, 0.1) is 27.1 Å². The van der Waals surface area contributed by atoms with Crippen molar-refractivity contribution in [2.75, 3.05) is 11.9 Å². The molecule has 0 saturated heterocycles. The number of nitro benzene ring substituents is 1. The van der Waals surface area contributed by atoms with Crippen LogP contribution in [0.3, 0.4) is 0 Å².